The first-order valence-corrected chi connectivity index (χ1v) is 11.8. The van der Waals surface area contributed by atoms with Gasteiger partial charge in [0.25, 0.3) is 0 Å². The monoisotopic (exact) mass is 553 g/mol. The molecule has 0 saturated heterocycles. The van der Waals surface area contributed by atoms with Gasteiger partial charge in [0.05, 0.1) is 26.0 Å². The van der Waals surface area contributed by atoms with Crippen molar-refractivity contribution in [3.8, 4) is 0 Å². The van der Waals surface area contributed by atoms with Crippen LogP contribution in [0.5, 0.6) is 0 Å². The summed E-state index contributed by atoms with van der Waals surface area (Å²) in [5, 5.41) is 2.60. The van der Waals surface area contributed by atoms with Crippen LogP contribution >= 0.6 is 46.4 Å². The standard InChI is InChI=1S/C24H22Cl4F3NO2/c1-3-32-22(34)9-13(2)8-21(33)16-6-4-14(10-18(16)25)5-7-17(24(29,30)31)15-11-19(26)23(28)20(27)12-15/h4-7,10-13,17H,3,8-9H2,1-2H3,(H,32,34)/b7-5+. The fourth-order valence-corrected chi connectivity index (χ4v) is 4.22. The van der Waals surface area contributed by atoms with Gasteiger partial charge in [-0.1, -0.05) is 71.5 Å². The molecule has 2 aromatic rings. The number of benzene rings is 2. The maximum atomic E-state index is 13.7. The maximum absolute atomic E-state index is 13.7. The van der Waals surface area contributed by atoms with Crippen molar-refractivity contribution < 1.29 is 22.8 Å². The van der Waals surface area contributed by atoms with Crippen LogP contribution in [-0.4, -0.2) is 24.4 Å². The average molecular weight is 555 g/mol. The third-order valence-corrected chi connectivity index (χ3v) is 6.44. The minimum absolute atomic E-state index is 0.0238. The third-order valence-electron chi connectivity index (χ3n) is 4.93. The molecule has 34 heavy (non-hydrogen) atoms. The van der Waals surface area contributed by atoms with Crippen LogP contribution < -0.4 is 5.32 Å². The van der Waals surface area contributed by atoms with Crippen molar-refractivity contribution >= 4 is 64.2 Å². The van der Waals surface area contributed by atoms with E-state index in [-0.39, 0.29) is 61.7 Å². The Morgan fingerprint density at radius 1 is 1.00 bits per heavy atom. The van der Waals surface area contributed by atoms with Gasteiger partial charge in [-0.3, -0.25) is 9.59 Å². The van der Waals surface area contributed by atoms with Crippen molar-refractivity contribution in [1.82, 2.24) is 5.32 Å². The number of hydrogen-bond donors (Lipinski definition) is 1. The average Bonchev–Trinajstić information content (AvgIpc) is 2.71. The molecule has 2 unspecified atom stereocenters. The molecule has 0 radical (unpaired) electrons. The number of allylic oxidation sites excluding steroid dienone is 1. The van der Waals surface area contributed by atoms with E-state index in [0.717, 1.165) is 18.2 Å². The quantitative estimate of drug-likeness (QED) is 0.250. The van der Waals surface area contributed by atoms with Gasteiger partial charge in [0.15, 0.2) is 5.78 Å². The number of Topliss-reactive ketones (excluding diaryl/α,β-unsaturated/α-hetero) is 1. The summed E-state index contributed by atoms with van der Waals surface area (Å²) < 4.78 is 41.1. The molecular formula is C24H22Cl4F3NO2. The van der Waals surface area contributed by atoms with Gasteiger partial charge < -0.3 is 5.32 Å². The topological polar surface area (TPSA) is 46.2 Å². The van der Waals surface area contributed by atoms with Crippen LogP contribution in [0.25, 0.3) is 6.08 Å². The molecule has 0 aliphatic heterocycles. The van der Waals surface area contributed by atoms with Gasteiger partial charge in [-0.05, 0) is 48.2 Å². The Bertz CT molecular complexity index is 1060. The van der Waals surface area contributed by atoms with Gasteiger partial charge in [0.2, 0.25) is 5.91 Å². The molecule has 184 valence electrons. The second-order valence-corrected chi connectivity index (χ2v) is 9.41. The Kier molecular flexibility index (Phi) is 10.3. The number of rotatable bonds is 9. The predicted octanol–water partition coefficient (Wildman–Crippen LogP) is 8.39. The molecule has 0 saturated carbocycles. The summed E-state index contributed by atoms with van der Waals surface area (Å²) in [5.41, 5.74) is 0.449. The lowest BCUT2D eigenvalue weighted by Gasteiger charge is -2.18. The SMILES string of the molecule is CCNC(=O)CC(C)CC(=O)c1ccc(/C=C/C(c2cc(Cl)c(Cl)c(Cl)c2)C(F)(F)F)cc1Cl. The molecule has 1 amide bonds. The Morgan fingerprint density at radius 3 is 2.15 bits per heavy atom. The molecule has 0 aliphatic carbocycles. The highest BCUT2D eigenvalue weighted by Gasteiger charge is 2.39. The lowest BCUT2D eigenvalue weighted by Crippen LogP contribution is -2.25. The number of nitrogens with one attached hydrogen (secondary N) is 1. The van der Waals surface area contributed by atoms with E-state index in [1.54, 1.807) is 13.8 Å². The fraction of sp³-hybridized carbons (Fsp3) is 0.333. The number of alkyl halides is 3. The highest BCUT2D eigenvalue weighted by atomic mass is 35.5. The molecule has 10 heteroatoms. The normalized spacial score (nSPS) is 13.7. The molecule has 0 fully saturated rings. The molecule has 0 aromatic heterocycles. The summed E-state index contributed by atoms with van der Waals surface area (Å²) in [7, 11) is 0. The summed E-state index contributed by atoms with van der Waals surface area (Å²) in [6.45, 7) is 4.10. The van der Waals surface area contributed by atoms with Crippen LogP contribution in [-0.2, 0) is 4.79 Å². The van der Waals surface area contributed by atoms with Crippen molar-refractivity contribution in [2.75, 3.05) is 6.54 Å². The van der Waals surface area contributed by atoms with E-state index in [4.69, 9.17) is 46.4 Å². The second-order valence-electron chi connectivity index (χ2n) is 7.81. The van der Waals surface area contributed by atoms with E-state index in [1.165, 1.54) is 24.3 Å². The Labute approximate surface area is 216 Å². The lowest BCUT2D eigenvalue weighted by molar-refractivity contribution is -0.139. The highest BCUT2D eigenvalue weighted by Crippen LogP contribution is 2.41. The van der Waals surface area contributed by atoms with Crippen LogP contribution in [0.3, 0.4) is 0 Å². The summed E-state index contributed by atoms with van der Waals surface area (Å²) in [6, 6.07) is 6.61. The van der Waals surface area contributed by atoms with Gasteiger partial charge >= 0.3 is 6.18 Å². The minimum Gasteiger partial charge on any atom is -0.356 e. The van der Waals surface area contributed by atoms with E-state index in [1.807, 2.05) is 0 Å². The van der Waals surface area contributed by atoms with Gasteiger partial charge in [-0.2, -0.15) is 13.2 Å². The zero-order valence-corrected chi connectivity index (χ0v) is 21.3. The number of carbonyl (C=O) groups excluding carboxylic acids is 2. The molecule has 0 heterocycles. The second kappa shape index (κ2) is 12.3. The first-order valence-electron chi connectivity index (χ1n) is 10.3. The Hall–Kier alpha value is -1.73. The fourth-order valence-electron chi connectivity index (χ4n) is 3.32. The van der Waals surface area contributed by atoms with Crippen LogP contribution in [0.2, 0.25) is 20.1 Å². The van der Waals surface area contributed by atoms with Gasteiger partial charge in [-0.25, -0.2) is 0 Å². The van der Waals surface area contributed by atoms with Crippen molar-refractivity contribution in [2.45, 2.75) is 38.8 Å². The van der Waals surface area contributed by atoms with E-state index >= 15 is 0 Å². The first kappa shape index (κ1) is 28.5. The number of ketones is 1. The van der Waals surface area contributed by atoms with Crippen molar-refractivity contribution in [3.63, 3.8) is 0 Å². The van der Waals surface area contributed by atoms with Crippen molar-refractivity contribution in [1.29, 1.82) is 0 Å². The molecule has 3 nitrogen and oxygen atoms in total. The summed E-state index contributed by atoms with van der Waals surface area (Å²) >= 11 is 23.9. The van der Waals surface area contributed by atoms with Gasteiger partial charge in [-0.15, -0.1) is 0 Å². The van der Waals surface area contributed by atoms with E-state index in [9.17, 15) is 22.8 Å². The van der Waals surface area contributed by atoms with Crippen LogP contribution in [0.4, 0.5) is 13.2 Å². The first-order chi connectivity index (χ1) is 15.8. The summed E-state index contributed by atoms with van der Waals surface area (Å²) in [5.74, 6) is -2.58. The molecule has 2 rings (SSSR count). The molecule has 0 bridgehead atoms. The Balaban J connectivity index is 2.21. The van der Waals surface area contributed by atoms with Crippen molar-refractivity contribution in [2.24, 2.45) is 5.92 Å². The number of hydrogen-bond acceptors (Lipinski definition) is 2. The number of amides is 1. The molecule has 2 aromatic carbocycles. The van der Waals surface area contributed by atoms with Crippen LogP contribution in [0.1, 0.15) is 54.1 Å². The summed E-state index contributed by atoms with van der Waals surface area (Å²) in [4.78, 5) is 24.3. The maximum Gasteiger partial charge on any atom is 0.399 e. The largest absolute Gasteiger partial charge is 0.399 e. The van der Waals surface area contributed by atoms with Crippen LogP contribution in [0, 0.1) is 5.92 Å². The number of carbonyl (C=O) groups is 2. The zero-order valence-electron chi connectivity index (χ0n) is 18.3. The van der Waals surface area contributed by atoms with E-state index in [0.29, 0.717) is 12.1 Å². The number of halogens is 7. The molecule has 1 N–H and O–H groups in total. The van der Waals surface area contributed by atoms with E-state index < -0.39 is 12.1 Å². The Morgan fingerprint density at radius 2 is 1.62 bits per heavy atom. The van der Waals surface area contributed by atoms with E-state index in [2.05, 4.69) is 5.32 Å². The smallest absolute Gasteiger partial charge is 0.356 e. The summed E-state index contributed by atoms with van der Waals surface area (Å²) in [6.07, 6.45) is -2.09. The molecular weight excluding hydrogens is 533 g/mol. The third kappa shape index (κ3) is 7.91. The predicted molar refractivity (Wildman–Crippen MR) is 132 cm³/mol. The van der Waals surface area contributed by atoms with Gasteiger partial charge in [0, 0.05) is 24.9 Å². The van der Waals surface area contributed by atoms with Crippen LogP contribution in [0.15, 0.2) is 36.4 Å². The lowest BCUT2D eigenvalue weighted by atomic mass is 9.95. The molecule has 2 atom stereocenters. The molecule has 0 spiro atoms. The molecule has 0 aliphatic rings. The van der Waals surface area contributed by atoms with Gasteiger partial charge in [0.1, 0.15) is 0 Å². The highest BCUT2D eigenvalue weighted by molar-refractivity contribution is 6.48. The minimum atomic E-state index is -4.61. The zero-order chi connectivity index (χ0) is 25.6. The van der Waals surface area contributed by atoms with Crippen molar-refractivity contribution in [3.05, 3.63) is 73.2 Å².